The molecule has 1 aromatic carbocycles. The van der Waals surface area contributed by atoms with Gasteiger partial charge in [0.25, 0.3) is 0 Å². The molecular weight excluding hydrogens is 346 g/mol. The smallest absolute Gasteiger partial charge is 0.307 e. The Balaban J connectivity index is 2.34. The first-order valence-corrected chi connectivity index (χ1v) is 7.56. The summed E-state index contributed by atoms with van der Waals surface area (Å²) in [6, 6.07) is 1.73. The van der Waals surface area contributed by atoms with Crippen molar-refractivity contribution in [2.75, 3.05) is 0 Å². The number of hydrogen-bond acceptors (Lipinski definition) is 2. The van der Waals surface area contributed by atoms with Gasteiger partial charge in [-0.3, -0.25) is 9.59 Å². The Morgan fingerprint density at radius 1 is 1.24 bits per heavy atom. The van der Waals surface area contributed by atoms with Crippen LogP contribution in [-0.2, 0) is 4.79 Å². The number of ketones is 1. The molecule has 1 saturated carbocycles. The lowest BCUT2D eigenvalue weighted by atomic mass is 9.88. The van der Waals surface area contributed by atoms with E-state index in [4.69, 9.17) is 0 Å². The summed E-state index contributed by atoms with van der Waals surface area (Å²) in [6.07, 6.45) is 1.58. The van der Waals surface area contributed by atoms with Crippen molar-refractivity contribution in [1.82, 2.24) is 0 Å². The van der Waals surface area contributed by atoms with Crippen LogP contribution in [0, 0.1) is 29.4 Å². The van der Waals surface area contributed by atoms with Gasteiger partial charge in [-0.2, -0.15) is 0 Å². The molecule has 1 aliphatic carbocycles. The lowest BCUT2D eigenvalue weighted by Gasteiger charge is -2.15. The predicted molar refractivity (Wildman–Crippen MR) is 76.0 cm³/mol. The normalized spacial score (nSPS) is 25.0. The monoisotopic (exact) mass is 360 g/mol. The van der Waals surface area contributed by atoms with E-state index in [1.54, 1.807) is 0 Å². The highest BCUT2D eigenvalue weighted by Gasteiger charge is 2.42. The van der Waals surface area contributed by atoms with Crippen LogP contribution < -0.4 is 0 Å². The summed E-state index contributed by atoms with van der Waals surface area (Å²) in [7, 11) is 0. The Hall–Kier alpha value is -1.30. The molecule has 0 spiro atoms. The molecule has 0 radical (unpaired) electrons. The Kier molecular flexibility index (Phi) is 4.76. The van der Waals surface area contributed by atoms with Gasteiger partial charge in [0.15, 0.2) is 5.78 Å². The van der Waals surface area contributed by atoms with Crippen molar-refractivity contribution < 1.29 is 23.5 Å². The number of aliphatic carboxylic acids is 1. The number of hydrogen-bond donors (Lipinski definition) is 1. The zero-order chi connectivity index (χ0) is 15.7. The van der Waals surface area contributed by atoms with E-state index in [2.05, 4.69) is 15.9 Å². The molecule has 0 heterocycles. The van der Waals surface area contributed by atoms with Crippen molar-refractivity contribution >= 4 is 27.7 Å². The minimum absolute atomic E-state index is 0.0656. The number of rotatable bonds is 4. The van der Waals surface area contributed by atoms with Crippen LogP contribution in [0.5, 0.6) is 0 Å². The minimum atomic E-state index is -1.05. The number of benzene rings is 1. The maximum absolute atomic E-state index is 13.9. The lowest BCUT2D eigenvalue weighted by molar-refractivity contribution is -0.142. The fraction of sp³-hybridized carbons (Fsp3) is 0.467. The summed E-state index contributed by atoms with van der Waals surface area (Å²) in [5.41, 5.74) is -0.372. The van der Waals surface area contributed by atoms with Gasteiger partial charge in [0.2, 0.25) is 0 Å². The summed E-state index contributed by atoms with van der Waals surface area (Å²) in [5, 5.41) is 9.23. The van der Waals surface area contributed by atoms with Gasteiger partial charge in [-0.15, -0.1) is 0 Å². The maximum Gasteiger partial charge on any atom is 0.307 e. The molecule has 2 rings (SSSR count). The van der Waals surface area contributed by atoms with Crippen molar-refractivity contribution in [2.45, 2.75) is 26.2 Å². The molecule has 114 valence electrons. The van der Waals surface area contributed by atoms with Crippen LogP contribution in [0.25, 0.3) is 0 Å². The Morgan fingerprint density at radius 2 is 1.86 bits per heavy atom. The molecule has 3 atom stereocenters. The largest absolute Gasteiger partial charge is 0.481 e. The highest BCUT2D eigenvalue weighted by molar-refractivity contribution is 9.10. The van der Waals surface area contributed by atoms with Gasteiger partial charge in [0.1, 0.15) is 11.6 Å². The number of carbonyl (C=O) groups excluding carboxylic acids is 1. The maximum atomic E-state index is 13.9. The molecule has 1 aliphatic rings. The highest BCUT2D eigenvalue weighted by atomic mass is 79.9. The molecular formula is C15H15BrF2O3. The number of halogens is 3. The molecule has 0 aliphatic heterocycles. The van der Waals surface area contributed by atoms with E-state index in [1.165, 1.54) is 0 Å². The number of carbonyl (C=O) groups is 2. The van der Waals surface area contributed by atoms with Crippen molar-refractivity contribution in [2.24, 2.45) is 17.8 Å². The minimum Gasteiger partial charge on any atom is -0.481 e. The van der Waals surface area contributed by atoms with Crippen molar-refractivity contribution in [3.63, 3.8) is 0 Å². The second kappa shape index (κ2) is 6.22. The molecule has 1 N–H and O–H groups in total. The van der Waals surface area contributed by atoms with Crippen molar-refractivity contribution in [3.05, 3.63) is 33.8 Å². The van der Waals surface area contributed by atoms with Crippen LogP contribution >= 0.6 is 15.9 Å². The first-order chi connectivity index (χ1) is 9.85. The summed E-state index contributed by atoms with van der Waals surface area (Å²) < 4.78 is 27.3. The van der Waals surface area contributed by atoms with Crippen LogP contribution in [0.1, 0.15) is 36.5 Å². The number of carboxylic acids is 1. The van der Waals surface area contributed by atoms with E-state index in [0.717, 1.165) is 18.6 Å². The molecule has 0 amide bonds. The lowest BCUT2D eigenvalue weighted by Crippen LogP contribution is -2.26. The second-order valence-electron chi connectivity index (χ2n) is 5.41. The van der Waals surface area contributed by atoms with Crippen molar-refractivity contribution in [1.29, 1.82) is 0 Å². The average Bonchev–Trinajstić information content (AvgIpc) is 2.86. The van der Waals surface area contributed by atoms with E-state index in [1.807, 2.05) is 6.92 Å². The Bertz CT molecular complexity index is 589. The van der Waals surface area contributed by atoms with Crippen LogP contribution in [0.3, 0.4) is 0 Å². The van der Waals surface area contributed by atoms with Gasteiger partial charge < -0.3 is 5.11 Å². The third kappa shape index (κ3) is 3.15. The standard InChI is InChI=1S/C15H15BrF2O3/c1-2-7-3-8(9(4-7)15(20)21)14(19)10-5-13(18)11(16)6-12(10)17/h5-9H,2-4H2,1H3,(H,20,21). The molecule has 3 nitrogen and oxygen atoms in total. The molecule has 6 heteroatoms. The zero-order valence-electron chi connectivity index (χ0n) is 11.4. The predicted octanol–water partition coefficient (Wildman–Crippen LogP) is 4.05. The van der Waals surface area contributed by atoms with Gasteiger partial charge in [0, 0.05) is 5.92 Å². The Morgan fingerprint density at radius 3 is 2.43 bits per heavy atom. The topological polar surface area (TPSA) is 54.4 Å². The average molecular weight is 361 g/mol. The van der Waals surface area contributed by atoms with E-state index in [9.17, 15) is 23.5 Å². The van der Waals surface area contributed by atoms with E-state index >= 15 is 0 Å². The van der Waals surface area contributed by atoms with Crippen LogP contribution in [-0.4, -0.2) is 16.9 Å². The first-order valence-electron chi connectivity index (χ1n) is 6.76. The van der Waals surface area contributed by atoms with Gasteiger partial charge in [-0.25, -0.2) is 8.78 Å². The second-order valence-corrected chi connectivity index (χ2v) is 6.26. The highest BCUT2D eigenvalue weighted by Crippen LogP contribution is 2.40. The number of carboxylic acid groups (broad SMARTS) is 1. The molecule has 1 fully saturated rings. The molecule has 0 saturated heterocycles. The summed E-state index contributed by atoms with van der Waals surface area (Å²) in [4.78, 5) is 23.7. The summed E-state index contributed by atoms with van der Waals surface area (Å²) >= 11 is 2.85. The summed E-state index contributed by atoms with van der Waals surface area (Å²) in [5.74, 6) is -4.74. The molecule has 1 aromatic rings. The third-order valence-corrected chi connectivity index (χ3v) is 4.77. The third-order valence-electron chi connectivity index (χ3n) is 4.17. The quantitative estimate of drug-likeness (QED) is 0.650. The molecule has 0 bridgehead atoms. The molecule has 3 unspecified atom stereocenters. The first kappa shape index (κ1) is 16.1. The zero-order valence-corrected chi connectivity index (χ0v) is 13.0. The summed E-state index contributed by atoms with van der Waals surface area (Å²) in [6.45, 7) is 1.93. The fourth-order valence-corrected chi connectivity index (χ4v) is 3.27. The van der Waals surface area contributed by atoms with E-state index in [-0.39, 0.29) is 16.0 Å². The van der Waals surface area contributed by atoms with Gasteiger partial charge in [-0.05, 0) is 46.8 Å². The van der Waals surface area contributed by atoms with Gasteiger partial charge in [0.05, 0.1) is 16.0 Å². The van der Waals surface area contributed by atoms with Crippen molar-refractivity contribution in [3.8, 4) is 0 Å². The van der Waals surface area contributed by atoms with E-state index < -0.39 is 35.2 Å². The SMILES string of the molecule is CCC1CC(C(=O)O)C(C(=O)c2cc(F)c(Br)cc2F)C1. The van der Waals surface area contributed by atoms with Crippen LogP contribution in [0.4, 0.5) is 8.78 Å². The van der Waals surface area contributed by atoms with Gasteiger partial charge >= 0.3 is 5.97 Å². The Labute approximate surface area is 129 Å². The molecule has 0 aromatic heterocycles. The molecule has 21 heavy (non-hydrogen) atoms. The number of Topliss-reactive ketones (excluding diaryl/α,β-unsaturated/α-hetero) is 1. The van der Waals surface area contributed by atoms with Gasteiger partial charge in [-0.1, -0.05) is 13.3 Å². The van der Waals surface area contributed by atoms with E-state index in [0.29, 0.717) is 12.8 Å². The fourth-order valence-electron chi connectivity index (χ4n) is 2.95. The van der Waals surface area contributed by atoms with Crippen LogP contribution in [0.2, 0.25) is 0 Å². The van der Waals surface area contributed by atoms with Crippen LogP contribution in [0.15, 0.2) is 16.6 Å².